The van der Waals surface area contributed by atoms with Crippen LogP contribution >= 0.6 is 11.8 Å². The van der Waals surface area contributed by atoms with Crippen molar-refractivity contribution in [1.82, 2.24) is 0 Å². The Balaban J connectivity index is 3.18. The summed E-state index contributed by atoms with van der Waals surface area (Å²) in [5.41, 5.74) is 0. The Labute approximate surface area is 135 Å². The van der Waals surface area contributed by atoms with Crippen molar-refractivity contribution in [3.05, 3.63) is 0 Å². The molecular formula is C18H32O2S. The maximum absolute atomic E-state index is 10.9. The van der Waals surface area contributed by atoms with Crippen LogP contribution in [0.1, 0.15) is 84.5 Å². The third-order valence-corrected chi connectivity index (χ3v) is 5.05. The van der Waals surface area contributed by atoms with Crippen LogP contribution in [0.15, 0.2) is 0 Å². The van der Waals surface area contributed by atoms with Gasteiger partial charge in [0.05, 0.1) is 0 Å². The van der Waals surface area contributed by atoms with E-state index in [9.17, 15) is 4.79 Å². The Kier molecular flexibility index (Phi) is 15.3. The number of unbranched alkanes of at least 4 members (excludes halogenated alkanes) is 9. The van der Waals surface area contributed by atoms with E-state index in [4.69, 9.17) is 5.11 Å². The molecule has 0 aliphatic rings. The average molecular weight is 313 g/mol. The highest BCUT2D eigenvalue weighted by Crippen LogP contribution is 2.18. The second-order valence-corrected chi connectivity index (χ2v) is 6.78. The van der Waals surface area contributed by atoms with Crippen LogP contribution in [0.5, 0.6) is 0 Å². The molecule has 0 saturated carbocycles. The van der Waals surface area contributed by atoms with Gasteiger partial charge in [0.25, 0.3) is 0 Å². The first-order chi connectivity index (χ1) is 10.2. The van der Waals surface area contributed by atoms with Crippen LogP contribution in [0.2, 0.25) is 0 Å². The van der Waals surface area contributed by atoms with Gasteiger partial charge >= 0.3 is 5.97 Å². The fourth-order valence-electron chi connectivity index (χ4n) is 2.27. The van der Waals surface area contributed by atoms with Crippen molar-refractivity contribution < 1.29 is 9.90 Å². The van der Waals surface area contributed by atoms with E-state index >= 15 is 0 Å². The van der Waals surface area contributed by atoms with E-state index in [0.717, 1.165) is 25.0 Å². The predicted octanol–water partition coefficient (Wildman–Crippen LogP) is 5.51. The summed E-state index contributed by atoms with van der Waals surface area (Å²) in [6.07, 6.45) is 13.4. The zero-order valence-corrected chi connectivity index (χ0v) is 14.6. The lowest BCUT2D eigenvalue weighted by Gasteiger charge is -2.08. The predicted molar refractivity (Wildman–Crippen MR) is 93.8 cm³/mol. The van der Waals surface area contributed by atoms with Crippen molar-refractivity contribution in [2.24, 2.45) is 0 Å². The van der Waals surface area contributed by atoms with E-state index in [1.807, 2.05) is 13.8 Å². The van der Waals surface area contributed by atoms with Crippen LogP contribution in [-0.4, -0.2) is 22.1 Å². The normalized spacial score (nSPS) is 11.7. The number of hydrogen-bond donors (Lipinski definition) is 1. The molecule has 1 atom stereocenters. The maximum Gasteiger partial charge on any atom is 0.316 e. The van der Waals surface area contributed by atoms with Gasteiger partial charge in [-0.3, -0.25) is 4.79 Å². The zero-order valence-electron chi connectivity index (χ0n) is 13.8. The van der Waals surface area contributed by atoms with Crippen LogP contribution in [0.3, 0.4) is 0 Å². The SMILES string of the molecule is CC#CCCCCCCCCCCCSC(CC)C(=O)O. The van der Waals surface area contributed by atoms with E-state index in [1.54, 1.807) is 11.8 Å². The van der Waals surface area contributed by atoms with E-state index in [0.29, 0.717) is 0 Å². The van der Waals surface area contributed by atoms with Gasteiger partial charge in [-0.25, -0.2) is 0 Å². The van der Waals surface area contributed by atoms with Gasteiger partial charge in [0.15, 0.2) is 0 Å². The number of aliphatic carboxylic acids is 1. The van der Waals surface area contributed by atoms with E-state index in [2.05, 4.69) is 11.8 Å². The lowest BCUT2D eigenvalue weighted by molar-refractivity contribution is -0.136. The van der Waals surface area contributed by atoms with Gasteiger partial charge in [-0.2, -0.15) is 0 Å². The first-order valence-electron chi connectivity index (χ1n) is 8.46. The van der Waals surface area contributed by atoms with Crippen LogP contribution in [0, 0.1) is 11.8 Å². The molecular weight excluding hydrogens is 280 g/mol. The molecule has 1 unspecified atom stereocenters. The van der Waals surface area contributed by atoms with E-state index < -0.39 is 5.97 Å². The van der Waals surface area contributed by atoms with Crippen molar-refractivity contribution in [1.29, 1.82) is 0 Å². The highest BCUT2D eigenvalue weighted by molar-refractivity contribution is 8.00. The van der Waals surface area contributed by atoms with Gasteiger partial charge in [0, 0.05) is 6.42 Å². The first-order valence-corrected chi connectivity index (χ1v) is 9.51. The van der Waals surface area contributed by atoms with E-state index in [-0.39, 0.29) is 5.25 Å². The van der Waals surface area contributed by atoms with Crippen molar-refractivity contribution in [3.63, 3.8) is 0 Å². The molecule has 0 rings (SSSR count). The van der Waals surface area contributed by atoms with Gasteiger partial charge < -0.3 is 5.11 Å². The van der Waals surface area contributed by atoms with E-state index in [1.165, 1.54) is 51.4 Å². The van der Waals surface area contributed by atoms with Gasteiger partial charge in [0.1, 0.15) is 5.25 Å². The molecule has 2 nitrogen and oxygen atoms in total. The highest BCUT2D eigenvalue weighted by atomic mass is 32.2. The van der Waals surface area contributed by atoms with Crippen LogP contribution in [0.25, 0.3) is 0 Å². The Morgan fingerprint density at radius 1 is 1.00 bits per heavy atom. The van der Waals surface area contributed by atoms with Gasteiger partial charge in [-0.1, -0.05) is 51.9 Å². The molecule has 0 aromatic carbocycles. The smallest absolute Gasteiger partial charge is 0.316 e. The molecule has 0 fully saturated rings. The Bertz CT molecular complexity index is 304. The molecule has 0 aliphatic carbocycles. The molecule has 0 aliphatic heterocycles. The molecule has 0 spiro atoms. The molecule has 0 bridgehead atoms. The summed E-state index contributed by atoms with van der Waals surface area (Å²) in [5, 5.41) is 8.73. The average Bonchev–Trinajstić information content (AvgIpc) is 2.47. The van der Waals surface area contributed by atoms with Crippen molar-refractivity contribution in [2.75, 3.05) is 5.75 Å². The molecule has 3 heteroatoms. The fourth-order valence-corrected chi connectivity index (χ4v) is 3.30. The van der Waals surface area contributed by atoms with Crippen molar-refractivity contribution in [3.8, 4) is 11.8 Å². The largest absolute Gasteiger partial charge is 0.480 e. The van der Waals surface area contributed by atoms with Crippen molar-refractivity contribution >= 4 is 17.7 Å². The summed E-state index contributed by atoms with van der Waals surface area (Å²) in [4.78, 5) is 10.9. The molecule has 0 saturated heterocycles. The maximum atomic E-state index is 10.9. The Morgan fingerprint density at radius 2 is 1.52 bits per heavy atom. The minimum absolute atomic E-state index is 0.206. The first kappa shape index (κ1) is 20.4. The fraction of sp³-hybridized carbons (Fsp3) is 0.833. The summed E-state index contributed by atoms with van der Waals surface area (Å²) in [6.45, 7) is 3.85. The number of rotatable bonds is 14. The molecule has 1 N–H and O–H groups in total. The monoisotopic (exact) mass is 312 g/mol. The van der Waals surface area contributed by atoms with Gasteiger partial charge in [-0.05, 0) is 31.9 Å². The lowest BCUT2D eigenvalue weighted by Crippen LogP contribution is -2.15. The number of carbonyl (C=O) groups is 1. The lowest BCUT2D eigenvalue weighted by atomic mass is 10.1. The molecule has 122 valence electrons. The molecule has 21 heavy (non-hydrogen) atoms. The molecule has 0 heterocycles. The van der Waals surface area contributed by atoms with Crippen LogP contribution < -0.4 is 0 Å². The van der Waals surface area contributed by atoms with Crippen molar-refractivity contribution in [2.45, 2.75) is 89.7 Å². The zero-order chi connectivity index (χ0) is 15.8. The van der Waals surface area contributed by atoms with Gasteiger partial charge in [-0.15, -0.1) is 23.6 Å². The minimum atomic E-state index is -0.660. The topological polar surface area (TPSA) is 37.3 Å². The Morgan fingerprint density at radius 3 is 2.00 bits per heavy atom. The summed E-state index contributed by atoms with van der Waals surface area (Å²) < 4.78 is 0. The third-order valence-electron chi connectivity index (χ3n) is 3.59. The molecule has 0 aromatic rings. The second kappa shape index (κ2) is 15.8. The summed E-state index contributed by atoms with van der Waals surface area (Å²) in [5.74, 6) is 6.37. The quantitative estimate of drug-likeness (QED) is 0.339. The number of thioether (sulfide) groups is 1. The minimum Gasteiger partial charge on any atom is -0.480 e. The number of hydrogen-bond acceptors (Lipinski definition) is 2. The van der Waals surface area contributed by atoms with Gasteiger partial charge in [0.2, 0.25) is 0 Å². The highest BCUT2D eigenvalue weighted by Gasteiger charge is 2.14. The number of carboxylic acids is 1. The second-order valence-electron chi connectivity index (χ2n) is 5.46. The Hall–Kier alpha value is -0.620. The molecule has 0 radical (unpaired) electrons. The summed E-state index contributed by atoms with van der Waals surface area (Å²) >= 11 is 1.60. The molecule has 0 amide bonds. The summed E-state index contributed by atoms with van der Waals surface area (Å²) in [7, 11) is 0. The summed E-state index contributed by atoms with van der Waals surface area (Å²) in [6, 6.07) is 0. The third kappa shape index (κ3) is 14.1. The van der Waals surface area contributed by atoms with Crippen LogP contribution in [0.4, 0.5) is 0 Å². The number of carboxylic acid groups (broad SMARTS) is 1. The molecule has 0 aromatic heterocycles. The standard InChI is InChI=1S/C18H32O2S/c1-3-5-6-7-8-9-10-11-12-13-14-15-16-21-17(4-2)18(19)20/h17H,4,6-16H2,1-2H3,(H,19,20). The van der Waals surface area contributed by atoms with Crippen LogP contribution in [-0.2, 0) is 4.79 Å².